The van der Waals surface area contributed by atoms with Gasteiger partial charge in [-0.15, -0.1) is 0 Å². The number of amides is 1. The summed E-state index contributed by atoms with van der Waals surface area (Å²) in [6.45, 7) is 1.25. The summed E-state index contributed by atoms with van der Waals surface area (Å²) in [5.74, 6) is 0.212. The number of carbonyl (C=O) groups is 2. The first-order chi connectivity index (χ1) is 10.6. The molecular formula is C17H17NO4. The second-order valence-corrected chi connectivity index (χ2v) is 4.59. The quantitative estimate of drug-likeness (QED) is 0.797. The Kier molecular flexibility index (Phi) is 4.78. The van der Waals surface area contributed by atoms with Crippen LogP contribution >= 0.6 is 0 Å². The minimum Gasteiger partial charge on any atom is -0.497 e. The Morgan fingerprint density at radius 3 is 1.41 bits per heavy atom. The van der Waals surface area contributed by atoms with Crippen LogP contribution in [0.2, 0.25) is 0 Å². The molecule has 2 aromatic carbocycles. The van der Waals surface area contributed by atoms with Crippen molar-refractivity contribution in [3.05, 3.63) is 48.5 Å². The first-order valence-electron chi connectivity index (χ1n) is 6.70. The van der Waals surface area contributed by atoms with Crippen LogP contribution in [0.3, 0.4) is 0 Å². The number of ether oxygens (including phenoxy) is 2. The molecule has 2 aromatic rings. The lowest BCUT2D eigenvalue weighted by atomic mass is 10.2. The molecule has 0 fully saturated rings. The van der Waals surface area contributed by atoms with Gasteiger partial charge < -0.3 is 9.47 Å². The van der Waals surface area contributed by atoms with E-state index in [2.05, 4.69) is 0 Å². The van der Waals surface area contributed by atoms with E-state index in [0.717, 1.165) is 0 Å². The first-order valence-corrected chi connectivity index (χ1v) is 6.70. The van der Waals surface area contributed by atoms with Crippen molar-refractivity contribution in [1.29, 1.82) is 0 Å². The molecular weight excluding hydrogens is 282 g/mol. The molecule has 2 rings (SSSR count). The van der Waals surface area contributed by atoms with Crippen molar-refractivity contribution in [3.8, 4) is 11.5 Å². The van der Waals surface area contributed by atoms with Crippen LogP contribution in [0.1, 0.15) is 6.92 Å². The first kappa shape index (κ1) is 15.6. The number of hydrogen-bond donors (Lipinski definition) is 0. The molecule has 22 heavy (non-hydrogen) atoms. The number of ketones is 1. The van der Waals surface area contributed by atoms with Crippen molar-refractivity contribution in [2.24, 2.45) is 0 Å². The average Bonchev–Trinajstić information content (AvgIpc) is 2.56. The predicted molar refractivity (Wildman–Crippen MR) is 83.8 cm³/mol. The maximum Gasteiger partial charge on any atom is 0.298 e. The van der Waals surface area contributed by atoms with E-state index in [-0.39, 0.29) is 0 Å². The van der Waals surface area contributed by atoms with Crippen molar-refractivity contribution < 1.29 is 19.1 Å². The van der Waals surface area contributed by atoms with E-state index < -0.39 is 11.7 Å². The maximum atomic E-state index is 12.3. The fourth-order valence-electron chi connectivity index (χ4n) is 2.00. The number of hydrogen-bond acceptors (Lipinski definition) is 4. The fraction of sp³-hybridized carbons (Fsp3) is 0.176. The molecule has 0 bridgehead atoms. The SMILES string of the molecule is COc1ccc(N(C(=O)C(C)=O)c2ccc(OC)cc2)cc1. The molecule has 5 nitrogen and oxygen atoms in total. The molecule has 0 spiro atoms. The summed E-state index contributed by atoms with van der Waals surface area (Å²) in [6.07, 6.45) is 0. The summed E-state index contributed by atoms with van der Waals surface area (Å²) in [6, 6.07) is 13.8. The third-order valence-corrected chi connectivity index (χ3v) is 3.17. The second-order valence-electron chi connectivity index (χ2n) is 4.59. The minimum absolute atomic E-state index is 0.536. The highest BCUT2D eigenvalue weighted by Crippen LogP contribution is 2.29. The van der Waals surface area contributed by atoms with Crippen LogP contribution in [-0.4, -0.2) is 25.9 Å². The lowest BCUT2D eigenvalue weighted by Crippen LogP contribution is -2.31. The molecule has 114 valence electrons. The zero-order valence-electron chi connectivity index (χ0n) is 12.7. The van der Waals surface area contributed by atoms with E-state index in [1.54, 1.807) is 62.8 Å². The topological polar surface area (TPSA) is 55.8 Å². The Bertz CT molecular complexity index is 615. The molecule has 0 atom stereocenters. The molecule has 0 heterocycles. The highest BCUT2D eigenvalue weighted by molar-refractivity contribution is 6.42. The van der Waals surface area contributed by atoms with Crippen LogP contribution in [-0.2, 0) is 9.59 Å². The van der Waals surface area contributed by atoms with E-state index >= 15 is 0 Å². The Labute approximate surface area is 129 Å². The smallest absolute Gasteiger partial charge is 0.298 e. The standard InChI is InChI=1S/C17H17NO4/c1-12(19)17(20)18(13-4-8-15(21-2)9-5-13)14-6-10-16(22-3)11-7-14/h4-11H,1-3H3. The molecule has 0 aliphatic heterocycles. The van der Waals surface area contributed by atoms with Crippen LogP contribution in [0.25, 0.3) is 0 Å². The monoisotopic (exact) mass is 299 g/mol. The molecule has 0 saturated carbocycles. The maximum absolute atomic E-state index is 12.3. The van der Waals surface area contributed by atoms with Gasteiger partial charge in [-0.3, -0.25) is 14.5 Å². The Balaban J connectivity index is 2.44. The number of anilines is 2. The van der Waals surface area contributed by atoms with Gasteiger partial charge in [0.15, 0.2) is 0 Å². The zero-order valence-corrected chi connectivity index (χ0v) is 12.7. The highest BCUT2D eigenvalue weighted by Gasteiger charge is 2.21. The summed E-state index contributed by atoms with van der Waals surface area (Å²) in [4.78, 5) is 25.2. The Morgan fingerprint density at radius 1 is 0.773 bits per heavy atom. The molecule has 0 aromatic heterocycles. The van der Waals surface area contributed by atoms with Crippen LogP contribution < -0.4 is 14.4 Å². The van der Waals surface area contributed by atoms with Gasteiger partial charge in [-0.25, -0.2) is 0 Å². The van der Waals surface area contributed by atoms with E-state index in [9.17, 15) is 9.59 Å². The van der Waals surface area contributed by atoms with E-state index in [1.807, 2.05) is 0 Å². The van der Waals surface area contributed by atoms with Crippen molar-refractivity contribution in [3.63, 3.8) is 0 Å². The van der Waals surface area contributed by atoms with E-state index in [1.165, 1.54) is 11.8 Å². The second kappa shape index (κ2) is 6.76. The minimum atomic E-state index is -0.602. The number of nitrogens with zero attached hydrogens (tertiary/aromatic N) is 1. The third kappa shape index (κ3) is 3.25. The van der Waals surface area contributed by atoms with Gasteiger partial charge in [-0.2, -0.15) is 0 Å². The van der Waals surface area contributed by atoms with Crippen LogP contribution in [0.5, 0.6) is 11.5 Å². The molecule has 0 N–H and O–H groups in total. The number of rotatable bonds is 5. The molecule has 0 radical (unpaired) electrons. The van der Waals surface area contributed by atoms with Crippen molar-refractivity contribution in [1.82, 2.24) is 0 Å². The highest BCUT2D eigenvalue weighted by atomic mass is 16.5. The molecule has 1 amide bonds. The lowest BCUT2D eigenvalue weighted by Gasteiger charge is -2.22. The van der Waals surface area contributed by atoms with Gasteiger partial charge in [0.1, 0.15) is 11.5 Å². The van der Waals surface area contributed by atoms with E-state index in [4.69, 9.17) is 9.47 Å². The molecule has 5 heteroatoms. The Morgan fingerprint density at radius 2 is 1.14 bits per heavy atom. The summed E-state index contributed by atoms with van der Waals surface area (Å²) < 4.78 is 10.2. The summed E-state index contributed by atoms with van der Waals surface area (Å²) in [5, 5.41) is 0. The van der Waals surface area contributed by atoms with Gasteiger partial charge in [-0.05, 0) is 48.5 Å². The third-order valence-electron chi connectivity index (χ3n) is 3.17. The summed E-state index contributed by atoms with van der Waals surface area (Å²) in [5.41, 5.74) is 1.18. The molecule has 0 saturated heterocycles. The van der Waals surface area contributed by atoms with Crippen molar-refractivity contribution in [2.45, 2.75) is 6.92 Å². The predicted octanol–water partition coefficient (Wildman–Crippen LogP) is 2.96. The lowest BCUT2D eigenvalue weighted by molar-refractivity contribution is -0.134. The van der Waals surface area contributed by atoms with Crippen molar-refractivity contribution in [2.75, 3.05) is 19.1 Å². The van der Waals surface area contributed by atoms with E-state index in [0.29, 0.717) is 22.9 Å². The fourth-order valence-corrected chi connectivity index (χ4v) is 2.00. The number of benzene rings is 2. The normalized spacial score (nSPS) is 9.95. The summed E-state index contributed by atoms with van der Waals surface area (Å²) in [7, 11) is 3.13. The Hall–Kier alpha value is -2.82. The van der Waals surface area contributed by atoms with Gasteiger partial charge in [-0.1, -0.05) is 0 Å². The van der Waals surface area contributed by atoms with Crippen LogP contribution in [0, 0.1) is 0 Å². The van der Waals surface area contributed by atoms with Gasteiger partial charge >= 0.3 is 0 Å². The van der Waals surface area contributed by atoms with Crippen molar-refractivity contribution >= 4 is 23.1 Å². The largest absolute Gasteiger partial charge is 0.497 e. The van der Waals surface area contributed by atoms with Gasteiger partial charge in [0, 0.05) is 18.3 Å². The molecule has 0 aliphatic carbocycles. The van der Waals surface area contributed by atoms with Gasteiger partial charge in [0.05, 0.1) is 14.2 Å². The number of Topliss-reactive ketones (excluding diaryl/α,β-unsaturated/α-hetero) is 1. The van der Waals surface area contributed by atoms with Gasteiger partial charge in [0.25, 0.3) is 5.91 Å². The number of methoxy groups -OCH3 is 2. The molecule has 0 aliphatic rings. The van der Waals surface area contributed by atoms with Crippen LogP contribution in [0.4, 0.5) is 11.4 Å². The summed E-state index contributed by atoms with van der Waals surface area (Å²) >= 11 is 0. The average molecular weight is 299 g/mol. The molecule has 0 unspecified atom stereocenters. The van der Waals surface area contributed by atoms with Crippen LogP contribution in [0.15, 0.2) is 48.5 Å². The number of carbonyl (C=O) groups excluding carboxylic acids is 2. The zero-order chi connectivity index (χ0) is 16.1. The van der Waals surface area contributed by atoms with Gasteiger partial charge in [0.2, 0.25) is 5.78 Å².